The van der Waals surface area contributed by atoms with E-state index >= 15 is 0 Å². The second kappa shape index (κ2) is 6.66. The first-order valence-electron chi connectivity index (χ1n) is 6.56. The Bertz CT molecular complexity index is 495. The van der Waals surface area contributed by atoms with Gasteiger partial charge in [0.05, 0.1) is 11.1 Å². The molecule has 4 nitrogen and oxygen atoms in total. The summed E-state index contributed by atoms with van der Waals surface area (Å²) >= 11 is 11.8. The highest BCUT2D eigenvalue weighted by Crippen LogP contribution is 2.28. The molecule has 2 unspecified atom stereocenters. The van der Waals surface area contributed by atoms with Crippen LogP contribution in [0.3, 0.4) is 0 Å². The molecular formula is C14H17Cl2NO3. The SMILES string of the molecule is CC(Oc1ccc(Cl)cc1Cl)C(=O)N1CCCC(O)C1. The number of rotatable bonds is 3. The summed E-state index contributed by atoms with van der Waals surface area (Å²) in [5, 5.41) is 10.5. The summed E-state index contributed by atoms with van der Waals surface area (Å²) in [5.74, 6) is 0.282. The number of hydrogen-bond donors (Lipinski definition) is 1. The zero-order valence-electron chi connectivity index (χ0n) is 11.2. The van der Waals surface area contributed by atoms with Crippen LogP contribution in [0.5, 0.6) is 5.75 Å². The molecule has 20 heavy (non-hydrogen) atoms. The van der Waals surface area contributed by atoms with Crippen LogP contribution in [0.15, 0.2) is 18.2 Å². The molecule has 1 aromatic carbocycles. The Morgan fingerprint density at radius 2 is 2.25 bits per heavy atom. The minimum absolute atomic E-state index is 0.144. The number of ether oxygens (including phenoxy) is 1. The number of carbonyl (C=O) groups excluding carboxylic acids is 1. The first kappa shape index (κ1) is 15.4. The van der Waals surface area contributed by atoms with E-state index in [1.165, 1.54) is 0 Å². The molecular weight excluding hydrogens is 301 g/mol. The number of β-amino-alcohol motifs (C(OH)–C–C–N with tert-alkyl or cyclic N) is 1. The summed E-state index contributed by atoms with van der Waals surface area (Å²) in [6.07, 6.45) is 0.446. The van der Waals surface area contributed by atoms with E-state index < -0.39 is 12.2 Å². The van der Waals surface area contributed by atoms with Gasteiger partial charge in [0.1, 0.15) is 5.75 Å². The maximum Gasteiger partial charge on any atom is 0.263 e. The Kier molecular flexibility index (Phi) is 5.13. The van der Waals surface area contributed by atoms with Crippen molar-refractivity contribution in [3.05, 3.63) is 28.2 Å². The minimum Gasteiger partial charge on any atom is -0.479 e. The monoisotopic (exact) mass is 317 g/mol. The number of carbonyl (C=O) groups is 1. The fourth-order valence-corrected chi connectivity index (χ4v) is 2.68. The van der Waals surface area contributed by atoms with Crippen LogP contribution in [-0.2, 0) is 4.79 Å². The van der Waals surface area contributed by atoms with Gasteiger partial charge in [0, 0.05) is 18.1 Å². The number of aliphatic hydroxyl groups is 1. The number of aliphatic hydroxyl groups excluding tert-OH is 1. The van der Waals surface area contributed by atoms with Crippen LogP contribution < -0.4 is 4.74 Å². The van der Waals surface area contributed by atoms with Crippen LogP contribution in [0.4, 0.5) is 0 Å². The molecule has 110 valence electrons. The van der Waals surface area contributed by atoms with Crippen molar-refractivity contribution in [3.63, 3.8) is 0 Å². The fourth-order valence-electron chi connectivity index (χ4n) is 2.22. The van der Waals surface area contributed by atoms with Gasteiger partial charge in [-0.1, -0.05) is 23.2 Å². The number of likely N-dealkylation sites (tertiary alicyclic amines) is 1. The molecule has 1 saturated heterocycles. The summed E-state index contributed by atoms with van der Waals surface area (Å²) in [6, 6.07) is 4.87. The van der Waals surface area contributed by atoms with Crippen molar-refractivity contribution in [2.75, 3.05) is 13.1 Å². The van der Waals surface area contributed by atoms with E-state index in [1.807, 2.05) is 0 Å². The van der Waals surface area contributed by atoms with Gasteiger partial charge in [-0.3, -0.25) is 4.79 Å². The number of halogens is 2. The van der Waals surface area contributed by atoms with E-state index in [-0.39, 0.29) is 5.91 Å². The summed E-state index contributed by atoms with van der Waals surface area (Å²) < 4.78 is 5.59. The molecule has 2 rings (SSSR count). The van der Waals surface area contributed by atoms with E-state index in [4.69, 9.17) is 27.9 Å². The van der Waals surface area contributed by atoms with Crippen molar-refractivity contribution in [3.8, 4) is 5.75 Å². The molecule has 0 aromatic heterocycles. The van der Waals surface area contributed by atoms with Gasteiger partial charge in [-0.05, 0) is 38.0 Å². The van der Waals surface area contributed by atoms with E-state index in [1.54, 1.807) is 30.0 Å². The van der Waals surface area contributed by atoms with Crippen molar-refractivity contribution in [2.45, 2.75) is 32.0 Å². The van der Waals surface area contributed by atoms with E-state index in [2.05, 4.69) is 0 Å². The maximum atomic E-state index is 12.2. The summed E-state index contributed by atoms with van der Waals surface area (Å²) in [4.78, 5) is 13.9. The fraction of sp³-hybridized carbons (Fsp3) is 0.500. The first-order valence-corrected chi connectivity index (χ1v) is 7.31. The summed E-state index contributed by atoms with van der Waals surface area (Å²) in [5.41, 5.74) is 0. The van der Waals surface area contributed by atoms with E-state index in [0.29, 0.717) is 28.9 Å². The summed E-state index contributed by atoms with van der Waals surface area (Å²) in [7, 11) is 0. The molecule has 1 fully saturated rings. The van der Waals surface area contributed by atoms with Gasteiger partial charge < -0.3 is 14.7 Å². The third kappa shape index (κ3) is 3.78. The van der Waals surface area contributed by atoms with E-state index in [0.717, 1.165) is 12.8 Å². The van der Waals surface area contributed by atoms with Crippen molar-refractivity contribution >= 4 is 29.1 Å². The molecule has 1 heterocycles. The van der Waals surface area contributed by atoms with Crippen molar-refractivity contribution in [2.24, 2.45) is 0 Å². The maximum absolute atomic E-state index is 12.2. The lowest BCUT2D eigenvalue weighted by Gasteiger charge is -2.32. The predicted molar refractivity (Wildman–Crippen MR) is 78.4 cm³/mol. The van der Waals surface area contributed by atoms with Gasteiger partial charge in [-0.25, -0.2) is 0 Å². The Hall–Kier alpha value is -0.970. The summed E-state index contributed by atoms with van der Waals surface area (Å²) in [6.45, 7) is 2.69. The number of nitrogens with zero attached hydrogens (tertiary/aromatic N) is 1. The number of benzene rings is 1. The van der Waals surface area contributed by atoms with Crippen molar-refractivity contribution in [1.82, 2.24) is 4.90 Å². The molecule has 0 bridgehead atoms. The highest BCUT2D eigenvalue weighted by molar-refractivity contribution is 6.35. The quantitative estimate of drug-likeness (QED) is 0.932. The Labute approximate surface area is 128 Å². The molecule has 0 radical (unpaired) electrons. The number of hydrogen-bond acceptors (Lipinski definition) is 3. The lowest BCUT2D eigenvalue weighted by Crippen LogP contribution is -2.47. The molecule has 1 N–H and O–H groups in total. The second-order valence-electron chi connectivity index (χ2n) is 4.92. The lowest BCUT2D eigenvalue weighted by atomic mass is 10.1. The highest BCUT2D eigenvalue weighted by atomic mass is 35.5. The lowest BCUT2D eigenvalue weighted by molar-refractivity contribution is -0.141. The Morgan fingerprint density at radius 3 is 2.90 bits per heavy atom. The Morgan fingerprint density at radius 1 is 1.50 bits per heavy atom. The zero-order valence-corrected chi connectivity index (χ0v) is 12.7. The van der Waals surface area contributed by atoms with Crippen LogP contribution in [0.25, 0.3) is 0 Å². The molecule has 1 aromatic rings. The van der Waals surface area contributed by atoms with Crippen LogP contribution in [-0.4, -0.2) is 41.2 Å². The smallest absolute Gasteiger partial charge is 0.263 e. The number of piperidine rings is 1. The van der Waals surface area contributed by atoms with Crippen LogP contribution >= 0.6 is 23.2 Å². The average molecular weight is 318 g/mol. The highest BCUT2D eigenvalue weighted by Gasteiger charge is 2.27. The third-order valence-corrected chi connectivity index (χ3v) is 3.78. The van der Waals surface area contributed by atoms with Crippen LogP contribution in [0.1, 0.15) is 19.8 Å². The molecule has 1 amide bonds. The topological polar surface area (TPSA) is 49.8 Å². The van der Waals surface area contributed by atoms with Crippen LogP contribution in [0, 0.1) is 0 Å². The van der Waals surface area contributed by atoms with Crippen LogP contribution in [0.2, 0.25) is 10.0 Å². The Balaban J connectivity index is 2.00. The standard InChI is InChI=1S/C14H17Cl2NO3/c1-9(14(19)17-6-2-3-11(18)8-17)20-13-5-4-10(15)7-12(13)16/h4-5,7,9,11,18H,2-3,6,8H2,1H3. The van der Waals surface area contributed by atoms with Gasteiger partial charge in [-0.2, -0.15) is 0 Å². The second-order valence-corrected chi connectivity index (χ2v) is 5.76. The molecule has 2 atom stereocenters. The van der Waals surface area contributed by atoms with E-state index in [9.17, 15) is 9.90 Å². The molecule has 6 heteroatoms. The largest absolute Gasteiger partial charge is 0.479 e. The van der Waals surface area contributed by atoms with Gasteiger partial charge in [0.25, 0.3) is 5.91 Å². The molecule has 1 aliphatic heterocycles. The molecule has 0 saturated carbocycles. The average Bonchev–Trinajstić information content (AvgIpc) is 2.41. The van der Waals surface area contributed by atoms with Gasteiger partial charge in [0.15, 0.2) is 6.10 Å². The molecule has 0 aliphatic carbocycles. The molecule has 1 aliphatic rings. The number of amides is 1. The first-order chi connectivity index (χ1) is 9.47. The molecule has 0 spiro atoms. The van der Waals surface area contributed by atoms with Gasteiger partial charge >= 0.3 is 0 Å². The predicted octanol–water partition coefficient (Wildman–Crippen LogP) is 2.74. The van der Waals surface area contributed by atoms with Crippen molar-refractivity contribution < 1.29 is 14.6 Å². The normalized spacial score (nSPS) is 20.6. The van der Waals surface area contributed by atoms with Gasteiger partial charge in [0.2, 0.25) is 0 Å². The van der Waals surface area contributed by atoms with Crippen molar-refractivity contribution in [1.29, 1.82) is 0 Å². The minimum atomic E-state index is -0.654. The zero-order chi connectivity index (χ0) is 14.7. The third-order valence-electron chi connectivity index (χ3n) is 3.25. The van der Waals surface area contributed by atoms with Gasteiger partial charge in [-0.15, -0.1) is 0 Å².